The van der Waals surface area contributed by atoms with Crippen molar-refractivity contribution >= 4 is 5.91 Å². The van der Waals surface area contributed by atoms with Gasteiger partial charge < -0.3 is 10.3 Å². The van der Waals surface area contributed by atoms with E-state index in [1.807, 2.05) is 0 Å². The summed E-state index contributed by atoms with van der Waals surface area (Å²) in [5.74, 6) is 0.241. The summed E-state index contributed by atoms with van der Waals surface area (Å²) in [6.45, 7) is 2.08. The second-order valence-electron chi connectivity index (χ2n) is 3.50. The number of nitrogens with zero attached hydrogens (tertiary/aromatic N) is 1. The number of carbonyl (C=O) groups is 1. The minimum Gasteiger partial charge on any atom is -0.364 e. The highest BCUT2D eigenvalue weighted by molar-refractivity contribution is 5.90. The minimum absolute atomic E-state index is 0.112. The molecule has 1 aliphatic rings. The molecule has 12 heavy (non-hydrogen) atoms. The third-order valence-corrected chi connectivity index (χ3v) is 2.36. The molecular formula is C8H10N2O2. The van der Waals surface area contributed by atoms with Crippen molar-refractivity contribution in [3.05, 3.63) is 17.5 Å². The summed E-state index contributed by atoms with van der Waals surface area (Å²) in [5.41, 5.74) is 5.36. The van der Waals surface area contributed by atoms with Crippen molar-refractivity contribution in [3.8, 4) is 0 Å². The Labute approximate surface area is 69.7 Å². The summed E-state index contributed by atoms with van der Waals surface area (Å²) in [4.78, 5) is 10.7. The first-order chi connectivity index (χ1) is 5.62. The summed E-state index contributed by atoms with van der Waals surface area (Å²) in [6.07, 6.45) is 2.20. The number of nitrogens with two attached hydrogens (primary N) is 1. The normalized spacial score (nSPS) is 19.1. The number of rotatable bonds is 2. The number of primary amides is 1. The Morgan fingerprint density at radius 3 is 2.83 bits per heavy atom. The van der Waals surface area contributed by atoms with Gasteiger partial charge in [-0.1, -0.05) is 12.1 Å². The average molecular weight is 166 g/mol. The predicted octanol–water partition coefficient (Wildman–Crippen LogP) is 0.825. The molecule has 0 spiro atoms. The summed E-state index contributed by atoms with van der Waals surface area (Å²) in [7, 11) is 0. The van der Waals surface area contributed by atoms with Crippen molar-refractivity contribution in [1.82, 2.24) is 5.16 Å². The van der Waals surface area contributed by atoms with Crippen LogP contribution in [0.1, 0.15) is 36.0 Å². The van der Waals surface area contributed by atoms with E-state index < -0.39 is 5.91 Å². The molecule has 0 aromatic carbocycles. The second-order valence-corrected chi connectivity index (χ2v) is 3.50. The van der Waals surface area contributed by atoms with Gasteiger partial charge in [0.05, 0.1) is 0 Å². The SMILES string of the molecule is CC1(c2cc(C(N)=O)no2)CC1. The van der Waals surface area contributed by atoms with Gasteiger partial charge in [0, 0.05) is 11.5 Å². The first kappa shape index (κ1) is 7.34. The van der Waals surface area contributed by atoms with Gasteiger partial charge in [0.2, 0.25) is 0 Å². The zero-order valence-corrected chi connectivity index (χ0v) is 6.83. The van der Waals surface area contributed by atoms with Gasteiger partial charge in [0.15, 0.2) is 5.69 Å². The largest absolute Gasteiger partial charge is 0.364 e. The fraction of sp³-hybridized carbons (Fsp3) is 0.500. The lowest BCUT2D eigenvalue weighted by atomic mass is 10.1. The molecule has 2 N–H and O–H groups in total. The van der Waals surface area contributed by atoms with Gasteiger partial charge in [-0.3, -0.25) is 4.79 Å². The number of aromatic nitrogens is 1. The summed E-state index contributed by atoms with van der Waals surface area (Å²) < 4.78 is 5.00. The maximum atomic E-state index is 10.7. The Kier molecular flexibility index (Phi) is 1.28. The molecule has 0 unspecified atom stereocenters. The van der Waals surface area contributed by atoms with Gasteiger partial charge in [0.25, 0.3) is 5.91 Å². The average Bonchev–Trinajstić information content (AvgIpc) is 2.61. The van der Waals surface area contributed by atoms with Crippen LogP contribution in [0.25, 0.3) is 0 Å². The molecule has 0 bridgehead atoms. The Morgan fingerprint density at radius 1 is 1.75 bits per heavy atom. The highest BCUT2D eigenvalue weighted by Gasteiger charge is 2.43. The zero-order valence-electron chi connectivity index (χ0n) is 6.83. The van der Waals surface area contributed by atoms with Gasteiger partial charge in [-0.15, -0.1) is 0 Å². The maximum absolute atomic E-state index is 10.7. The van der Waals surface area contributed by atoms with E-state index in [0.29, 0.717) is 0 Å². The van der Waals surface area contributed by atoms with Crippen molar-refractivity contribution in [1.29, 1.82) is 0 Å². The van der Waals surface area contributed by atoms with Gasteiger partial charge in [-0.05, 0) is 12.8 Å². The van der Waals surface area contributed by atoms with E-state index >= 15 is 0 Å². The molecule has 1 saturated carbocycles. The smallest absolute Gasteiger partial charge is 0.270 e. The van der Waals surface area contributed by atoms with Crippen LogP contribution in [0.3, 0.4) is 0 Å². The molecule has 1 amide bonds. The van der Waals surface area contributed by atoms with Gasteiger partial charge in [0.1, 0.15) is 5.76 Å². The number of hydrogen-bond acceptors (Lipinski definition) is 3. The molecule has 4 heteroatoms. The monoisotopic (exact) mass is 166 g/mol. The fourth-order valence-electron chi connectivity index (χ4n) is 1.11. The van der Waals surface area contributed by atoms with E-state index in [1.54, 1.807) is 6.07 Å². The van der Waals surface area contributed by atoms with Gasteiger partial charge in [-0.25, -0.2) is 0 Å². The molecule has 1 fully saturated rings. The first-order valence-corrected chi connectivity index (χ1v) is 3.89. The molecule has 1 aromatic heterocycles. The highest BCUT2D eigenvalue weighted by atomic mass is 16.5. The molecule has 0 atom stereocenters. The molecule has 64 valence electrons. The molecule has 0 aliphatic heterocycles. The van der Waals surface area contributed by atoms with Crippen molar-refractivity contribution in [3.63, 3.8) is 0 Å². The van der Waals surface area contributed by atoms with Crippen LogP contribution >= 0.6 is 0 Å². The molecule has 1 heterocycles. The lowest BCUT2D eigenvalue weighted by molar-refractivity contribution is 0.0991. The van der Waals surface area contributed by atoms with Crippen LogP contribution in [-0.4, -0.2) is 11.1 Å². The van der Waals surface area contributed by atoms with Crippen molar-refractivity contribution in [2.75, 3.05) is 0 Å². The van der Waals surface area contributed by atoms with Crippen LogP contribution in [-0.2, 0) is 5.41 Å². The Balaban J connectivity index is 2.30. The van der Waals surface area contributed by atoms with E-state index in [-0.39, 0.29) is 11.1 Å². The van der Waals surface area contributed by atoms with Gasteiger partial charge >= 0.3 is 0 Å². The van der Waals surface area contributed by atoms with Gasteiger partial charge in [-0.2, -0.15) is 0 Å². The molecule has 0 saturated heterocycles. The standard InChI is InChI=1S/C8H10N2O2/c1-8(2-3-8)6-4-5(7(9)11)10-12-6/h4H,2-3H2,1H3,(H2,9,11). The summed E-state index contributed by atoms with van der Waals surface area (Å²) >= 11 is 0. The molecular weight excluding hydrogens is 156 g/mol. The fourth-order valence-corrected chi connectivity index (χ4v) is 1.11. The second kappa shape index (κ2) is 2.09. The first-order valence-electron chi connectivity index (χ1n) is 3.89. The van der Waals surface area contributed by atoms with Crippen LogP contribution in [0, 0.1) is 0 Å². The van der Waals surface area contributed by atoms with Crippen molar-refractivity contribution < 1.29 is 9.32 Å². The lowest BCUT2D eigenvalue weighted by Gasteiger charge is -1.98. The number of carbonyl (C=O) groups excluding carboxylic acids is 1. The molecule has 4 nitrogen and oxygen atoms in total. The van der Waals surface area contributed by atoms with Crippen LogP contribution in [0.15, 0.2) is 10.6 Å². The minimum atomic E-state index is -0.533. The highest BCUT2D eigenvalue weighted by Crippen LogP contribution is 2.47. The van der Waals surface area contributed by atoms with Crippen molar-refractivity contribution in [2.24, 2.45) is 5.73 Å². The molecule has 0 radical (unpaired) electrons. The summed E-state index contributed by atoms with van der Waals surface area (Å²) in [6, 6.07) is 1.63. The lowest BCUT2D eigenvalue weighted by Crippen LogP contribution is -2.10. The Hall–Kier alpha value is -1.32. The number of amides is 1. The maximum Gasteiger partial charge on any atom is 0.270 e. The Morgan fingerprint density at radius 2 is 2.42 bits per heavy atom. The summed E-state index contributed by atoms with van der Waals surface area (Å²) in [5, 5.41) is 3.57. The third-order valence-electron chi connectivity index (χ3n) is 2.36. The van der Waals surface area contributed by atoms with E-state index in [4.69, 9.17) is 10.3 Å². The van der Waals surface area contributed by atoms with Crippen molar-refractivity contribution in [2.45, 2.75) is 25.2 Å². The topological polar surface area (TPSA) is 69.1 Å². The van der Waals surface area contributed by atoms with E-state index in [1.165, 1.54) is 0 Å². The van der Waals surface area contributed by atoms with E-state index in [9.17, 15) is 4.79 Å². The predicted molar refractivity (Wildman–Crippen MR) is 41.6 cm³/mol. The van der Waals surface area contributed by atoms with Crippen LogP contribution in [0.5, 0.6) is 0 Å². The molecule has 2 rings (SSSR count). The van der Waals surface area contributed by atoms with Crippen LogP contribution in [0.4, 0.5) is 0 Å². The quantitative estimate of drug-likeness (QED) is 0.707. The van der Waals surface area contributed by atoms with E-state index in [2.05, 4.69) is 12.1 Å². The Bertz CT molecular complexity index is 326. The van der Waals surface area contributed by atoms with Crippen LogP contribution < -0.4 is 5.73 Å². The molecule has 1 aromatic rings. The molecule has 1 aliphatic carbocycles. The van der Waals surface area contributed by atoms with E-state index in [0.717, 1.165) is 18.6 Å². The zero-order chi connectivity index (χ0) is 8.77. The number of hydrogen-bond donors (Lipinski definition) is 1. The van der Waals surface area contributed by atoms with Crippen LogP contribution in [0.2, 0.25) is 0 Å². The third kappa shape index (κ3) is 0.995.